The van der Waals surface area contributed by atoms with Gasteiger partial charge in [0.05, 0.1) is 13.2 Å². The van der Waals surface area contributed by atoms with E-state index in [1.807, 2.05) is 7.11 Å². The summed E-state index contributed by atoms with van der Waals surface area (Å²) >= 11 is 0. The quantitative estimate of drug-likeness (QED) is 0.304. The Morgan fingerprint density at radius 3 is 2.15 bits per heavy atom. The first-order valence-corrected chi connectivity index (χ1v) is 16.0. The van der Waals surface area contributed by atoms with Gasteiger partial charge in [-0.2, -0.15) is 0 Å². The fourth-order valence-electron chi connectivity index (χ4n) is 8.86. The van der Waals surface area contributed by atoms with Crippen LogP contribution in [-0.2, 0) is 17.6 Å². The molecule has 0 amide bonds. The minimum atomic E-state index is 0.0123. The summed E-state index contributed by atoms with van der Waals surface area (Å²) in [5, 5.41) is 0. The number of methoxy groups -OCH3 is 1. The Morgan fingerprint density at radius 2 is 1.49 bits per heavy atom. The van der Waals surface area contributed by atoms with Crippen LogP contribution in [0.3, 0.4) is 0 Å². The molecule has 0 radical (unpaired) electrons. The molecule has 0 aromatic heterocycles. The Labute approximate surface area is 246 Å². The molecule has 0 spiro atoms. The van der Waals surface area contributed by atoms with Gasteiger partial charge in [-0.1, -0.05) is 72.8 Å². The van der Waals surface area contributed by atoms with E-state index in [9.17, 15) is 0 Å². The van der Waals surface area contributed by atoms with E-state index in [0.29, 0.717) is 24.2 Å². The molecule has 3 fully saturated rings. The average molecular weight is 551 g/mol. The zero-order valence-corrected chi connectivity index (χ0v) is 24.8. The molecule has 216 valence electrons. The highest BCUT2D eigenvalue weighted by atomic mass is 16.5. The molecule has 7 rings (SSSR count). The predicted molar refractivity (Wildman–Crippen MR) is 165 cm³/mol. The van der Waals surface area contributed by atoms with Gasteiger partial charge in [-0.25, -0.2) is 0 Å². The molecule has 3 saturated heterocycles. The van der Waals surface area contributed by atoms with E-state index in [0.717, 1.165) is 17.6 Å². The lowest BCUT2D eigenvalue weighted by molar-refractivity contribution is -0.0501. The second-order valence-corrected chi connectivity index (χ2v) is 13.2. The van der Waals surface area contributed by atoms with Crippen LogP contribution >= 0.6 is 0 Å². The first-order chi connectivity index (χ1) is 20.2. The number of rotatable bonds is 8. The van der Waals surface area contributed by atoms with Gasteiger partial charge < -0.3 is 14.4 Å². The maximum atomic E-state index is 6.96. The van der Waals surface area contributed by atoms with Crippen LogP contribution in [0, 0.1) is 11.8 Å². The summed E-state index contributed by atoms with van der Waals surface area (Å²) in [7, 11) is 4.20. The number of fused-ring (bicyclic) bond motifs is 4. The van der Waals surface area contributed by atoms with Gasteiger partial charge in [-0.15, -0.1) is 0 Å². The topological polar surface area (TPSA) is 24.9 Å². The lowest BCUT2D eigenvalue weighted by Crippen LogP contribution is -2.51. The molecule has 3 aromatic rings. The molecule has 6 atom stereocenters. The third-order valence-corrected chi connectivity index (χ3v) is 10.8. The summed E-state index contributed by atoms with van der Waals surface area (Å²) in [5.74, 6) is 2.62. The monoisotopic (exact) mass is 550 g/mol. The summed E-state index contributed by atoms with van der Waals surface area (Å²) in [6.45, 7) is 2.49. The summed E-state index contributed by atoms with van der Waals surface area (Å²) in [4.78, 5) is 5.56. The molecule has 41 heavy (non-hydrogen) atoms. The fraction of sp³-hybridized carbons (Fsp3) is 0.514. The molecular formula is C37H46N2O2. The minimum Gasteiger partial charge on any atom is -0.496 e. The molecule has 1 unspecified atom stereocenters. The number of ether oxygens (including phenoxy) is 2. The Balaban J connectivity index is 0.976. The van der Waals surface area contributed by atoms with Gasteiger partial charge in [-0.05, 0) is 105 Å². The maximum Gasteiger partial charge on any atom is 0.122 e. The molecule has 4 heteroatoms. The standard InChI is InChI=1S/C37H46N2O2/c1-38-25-26(20-30-21-34-29(22-35(30)38)14-9-15-36(34)40-2)18-19-39-31-16-17-32(39)24-33(23-31)41-37(27-10-5-3-6-11-27)28-12-7-4-8-13-28/h3-15,26,30-33,35,37H,16-25H2,1-2H3/t26-,30-,31-,32+,33?,35-/m1/s1. The SMILES string of the molecule is COc1cccc2c1C[C@H]1C[C@@H](CCN3[C@@H]4CC[C@H]3CC(OC(c3ccccc3)c3ccccc3)C4)CN(C)[C@@H]1C2. The van der Waals surface area contributed by atoms with Crippen molar-refractivity contribution in [2.75, 3.05) is 27.2 Å². The van der Waals surface area contributed by atoms with Crippen molar-refractivity contribution < 1.29 is 9.47 Å². The van der Waals surface area contributed by atoms with Crippen LogP contribution in [0.4, 0.5) is 0 Å². The molecular weight excluding hydrogens is 504 g/mol. The van der Waals surface area contributed by atoms with Crippen molar-refractivity contribution in [3.8, 4) is 5.75 Å². The number of benzene rings is 3. The van der Waals surface area contributed by atoms with Crippen LogP contribution in [-0.4, -0.2) is 61.3 Å². The smallest absolute Gasteiger partial charge is 0.122 e. The zero-order valence-electron chi connectivity index (χ0n) is 24.8. The van der Waals surface area contributed by atoms with Crippen molar-refractivity contribution in [3.63, 3.8) is 0 Å². The molecule has 2 bridgehead atoms. The highest BCUT2D eigenvalue weighted by Crippen LogP contribution is 2.43. The number of likely N-dealkylation sites (N-methyl/N-ethyl adjacent to an activating group) is 1. The molecule has 3 aromatic carbocycles. The van der Waals surface area contributed by atoms with Crippen LogP contribution < -0.4 is 4.74 Å². The van der Waals surface area contributed by atoms with E-state index in [2.05, 4.69) is 95.7 Å². The first kappa shape index (κ1) is 27.2. The number of hydrogen-bond acceptors (Lipinski definition) is 4. The lowest BCUT2D eigenvalue weighted by atomic mass is 9.72. The Morgan fingerprint density at radius 1 is 0.805 bits per heavy atom. The third-order valence-electron chi connectivity index (χ3n) is 10.8. The Kier molecular flexibility index (Phi) is 7.90. The summed E-state index contributed by atoms with van der Waals surface area (Å²) < 4.78 is 12.7. The number of piperidine rings is 2. The molecule has 4 nitrogen and oxygen atoms in total. The van der Waals surface area contributed by atoms with Gasteiger partial charge in [0.2, 0.25) is 0 Å². The largest absolute Gasteiger partial charge is 0.496 e. The van der Waals surface area contributed by atoms with Gasteiger partial charge in [-0.3, -0.25) is 4.90 Å². The summed E-state index contributed by atoms with van der Waals surface area (Å²) in [6.07, 6.45) is 10.4. The van der Waals surface area contributed by atoms with Crippen molar-refractivity contribution in [1.29, 1.82) is 0 Å². The third kappa shape index (κ3) is 5.59. The molecule has 1 aliphatic carbocycles. The van der Waals surface area contributed by atoms with Crippen LogP contribution in [0.2, 0.25) is 0 Å². The van der Waals surface area contributed by atoms with Gasteiger partial charge in [0.15, 0.2) is 0 Å². The van der Waals surface area contributed by atoms with Crippen molar-refractivity contribution in [2.24, 2.45) is 11.8 Å². The molecule has 4 aliphatic rings. The number of nitrogens with zero attached hydrogens (tertiary/aromatic N) is 2. The zero-order chi connectivity index (χ0) is 27.8. The molecule has 0 N–H and O–H groups in total. The number of hydrogen-bond donors (Lipinski definition) is 0. The van der Waals surface area contributed by atoms with Crippen molar-refractivity contribution >= 4 is 0 Å². The minimum absolute atomic E-state index is 0.0123. The van der Waals surface area contributed by atoms with Crippen LogP contribution in [0.5, 0.6) is 5.75 Å². The lowest BCUT2D eigenvalue weighted by Gasteiger charge is -2.47. The highest BCUT2D eigenvalue weighted by Gasteiger charge is 2.43. The van der Waals surface area contributed by atoms with E-state index in [4.69, 9.17) is 9.47 Å². The predicted octanol–water partition coefficient (Wildman–Crippen LogP) is 6.92. The van der Waals surface area contributed by atoms with Crippen molar-refractivity contribution in [3.05, 3.63) is 101 Å². The molecule has 3 aliphatic heterocycles. The van der Waals surface area contributed by atoms with Crippen LogP contribution in [0.25, 0.3) is 0 Å². The molecule has 0 saturated carbocycles. The highest BCUT2D eigenvalue weighted by molar-refractivity contribution is 5.43. The van der Waals surface area contributed by atoms with Gasteiger partial charge in [0.25, 0.3) is 0 Å². The van der Waals surface area contributed by atoms with Crippen molar-refractivity contribution in [2.45, 2.75) is 81.7 Å². The normalized spacial score (nSPS) is 29.7. The Hall–Kier alpha value is -2.66. The second kappa shape index (κ2) is 11.9. The first-order valence-electron chi connectivity index (χ1n) is 16.0. The van der Waals surface area contributed by atoms with Crippen molar-refractivity contribution in [1.82, 2.24) is 9.80 Å². The van der Waals surface area contributed by atoms with Gasteiger partial charge in [0.1, 0.15) is 11.9 Å². The summed E-state index contributed by atoms with van der Waals surface area (Å²) in [6, 6.07) is 30.2. The van der Waals surface area contributed by atoms with E-state index in [1.54, 1.807) is 0 Å². The van der Waals surface area contributed by atoms with Gasteiger partial charge >= 0.3 is 0 Å². The average Bonchev–Trinajstić information content (AvgIpc) is 3.25. The van der Waals surface area contributed by atoms with Gasteiger partial charge in [0, 0.05) is 24.7 Å². The van der Waals surface area contributed by atoms with E-state index < -0.39 is 0 Å². The van der Waals surface area contributed by atoms with E-state index >= 15 is 0 Å². The summed E-state index contributed by atoms with van der Waals surface area (Å²) in [5.41, 5.74) is 5.49. The van der Waals surface area contributed by atoms with E-state index in [-0.39, 0.29) is 6.10 Å². The van der Waals surface area contributed by atoms with E-state index in [1.165, 1.54) is 86.7 Å². The second-order valence-electron chi connectivity index (χ2n) is 13.2. The fourth-order valence-corrected chi connectivity index (χ4v) is 8.86. The number of likely N-dealkylation sites (tertiary alicyclic amines) is 1. The maximum absolute atomic E-state index is 6.96. The molecule has 3 heterocycles. The van der Waals surface area contributed by atoms with Crippen LogP contribution in [0.1, 0.15) is 66.9 Å². The Bertz CT molecular complexity index is 1240. The van der Waals surface area contributed by atoms with Crippen LogP contribution in [0.15, 0.2) is 78.9 Å².